The summed E-state index contributed by atoms with van der Waals surface area (Å²) in [6.45, 7) is 8.79. The van der Waals surface area contributed by atoms with Gasteiger partial charge in [0.05, 0.1) is 12.6 Å². The molecule has 1 saturated heterocycles. The fraction of sp³-hybridized carbons (Fsp3) is 0.682. The number of guanidine groups is 1. The first kappa shape index (κ1) is 26.0. The average Bonchev–Trinajstić information content (AvgIpc) is 3.21. The van der Waals surface area contributed by atoms with E-state index in [1.807, 2.05) is 0 Å². The van der Waals surface area contributed by atoms with E-state index in [2.05, 4.69) is 42.7 Å². The molecule has 1 atom stereocenters. The molecule has 6 nitrogen and oxygen atoms in total. The summed E-state index contributed by atoms with van der Waals surface area (Å²) < 4.78 is 16.8. The smallest absolute Gasteiger partial charge is 0.191 e. The lowest BCUT2D eigenvalue weighted by Gasteiger charge is -2.15. The fourth-order valence-electron chi connectivity index (χ4n) is 3.15. The van der Waals surface area contributed by atoms with Gasteiger partial charge in [-0.25, -0.2) is 4.99 Å². The first-order valence-electron chi connectivity index (χ1n) is 10.6. The number of benzene rings is 1. The second kappa shape index (κ2) is 15.7. The van der Waals surface area contributed by atoms with Gasteiger partial charge in [0.2, 0.25) is 0 Å². The molecule has 1 aromatic carbocycles. The molecule has 0 amide bonds. The Kier molecular flexibility index (Phi) is 14.1. The summed E-state index contributed by atoms with van der Waals surface area (Å²) >= 11 is 0. The normalized spacial score (nSPS) is 16.4. The maximum absolute atomic E-state index is 6.08. The Bertz CT molecular complexity index is 593. The van der Waals surface area contributed by atoms with Gasteiger partial charge in [0.1, 0.15) is 12.4 Å². The molecule has 29 heavy (non-hydrogen) atoms. The minimum atomic E-state index is 0. The lowest BCUT2D eigenvalue weighted by atomic mass is 10.1. The molecule has 1 heterocycles. The van der Waals surface area contributed by atoms with Gasteiger partial charge in [0.15, 0.2) is 5.96 Å². The van der Waals surface area contributed by atoms with Gasteiger partial charge in [0, 0.05) is 39.0 Å². The Balaban J connectivity index is 0.00000420. The minimum Gasteiger partial charge on any atom is -0.491 e. The van der Waals surface area contributed by atoms with E-state index in [9.17, 15) is 0 Å². The molecule has 0 bridgehead atoms. The van der Waals surface area contributed by atoms with Crippen LogP contribution in [-0.4, -0.2) is 52.1 Å². The van der Waals surface area contributed by atoms with E-state index in [4.69, 9.17) is 19.2 Å². The van der Waals surface area contributed by atoms with Crippen molar-refractivity contribution in [1.29, 1.82) is 0 Å². The molecule has 1 aliphatic heterocycles. The monoisotopic (exact) mass is 519 g/mol. The number of hydrogen-bond donors (Lipinski definition) is 2. The third kappa shape index (κ3) is 10.5. The molecule has 2 N–H and O–H groups in total. The van der Waals surface area contributed by atoms with Crippen LogP contribution < -0.4 is 15.4 Å². The van der Waals surface area contributed by atoms with Gasteiger partial charge in [0.25, 0.3) is 0 Å². The van der Waals surface area contributed by atoms with E-state index in [1.54, 1.807) is 7.11 Å². The van der Waals surface area contributed by atoms with E-state index in [0.717, 1.165) is 75.7 Å². The van der Waals surface area contributed by atoms with Crippen molar-refractivity contribution >= 4 is 29.9 Å². The molecule has 166 valence electrons. The number of nitrogens with zero attached hydrogens (tertiary/aromatic N) is 1. The molecule has 1 unspecified atom stereocenters. The fourth-order valence-corrected chi connectivity index (χ4v) is 3.15. The van der Waals surface area contributed by atoms with Crippen LogP contribution in [-0.2, 0) is 16.0 Å². The molecular weight excluding hydrogens is 481 g/mol. The van der Waals surface area contributed by atoms with Crippen molar-refractivity contribution in [3.05, 3.63) is 29.3 Å². The highest BCUT2D eigenvalue weighted by Gasteiger charge is 2.17. The lowest BCUT2D eigenvalue weighted by Crippen LogP contribution is -2.37. The van der Waals surface area contributed by atoms with Crippen LogP contribution in [0.3, 0.4) is 0 Å². The van der Waals surface area contributed by atoms with Crippen LogP contribution in [0.5, 0.6) is 5.75 Å². The van der Waals surface area contributed by atoms with Crippen LogP contribution in [0, 0.1) is 6.92 Å². The highest BCUT2D eigenvalue weighted by atomic mass is 127. The predicted octanol–water partition coefficient (Wildman–Crippen LogP) is 4.04. The Morgan fingerprint density at radius 1 is 1.24 bits per heavy atom. The number of methoxy groups -OCH3 is 1. The van der Waals surface area contributed by atoms with E-state index in [-0.39, 0.29) is 30.1 Å². The summed E-state index contributed by atoms with van der Waals surface area (Å²) in [6, 6.07) is 6.31. The maximum atomic E-state index is 6.08. The number of halogens is 1. The number of ether oxygens (including phenoxy) is 3. The van der Waals surface area contributed by atoms with Crippen LogP contribution >= 0.6 is 24.0 Å². The Morgan fingerprint density at radius 3 is 2.83 bits per heavy atom. The second-order valence-electron chi connectivity index (χ2n) is 7.23. The van der Waals surface area contributed by atoms with Crippen LogP contribution in [0.4, 0.5) is 0 Å². The van der Waals surface area contributed by atoms with Gasteiger partial charge in [-0.15, -0.1) is 24.0 Å². The molecule has 0 saturated carbocycles. The van der Waals surface area contributed by atoms with Crippen molar-refractivity contribution in [2.75, 3.05) is 40.0 Å². The summed E-state index contributed by atoms with van der Waals surface area (Å²) in [5, 5.41) is 6.73. The van der Waals surface area contributed by atoms with Crippen molar-refractivity contribution in [3.63, 3.8) is 0 Å². The van der Waals surface area contributed by atoms with Crippen LogP contribution in [0.15, 0.2) is 23.2 Å². The van der Waals surface area contributed by atoms with E-state index >= 15 is 0 Å². The number of unbranched alkanes of at least 4 members (excludes halogenated alkanes) is 2. The van der Waals surface area contributed by atoms with Crippen molar-refractivity contribution in [3.8, 4) is 5.75 Å². The third-order valence-electron chi connectivity index (χ3n) is 4.74. The summed E-state index contributed by atoms with van der Waals surface area (Å²) in [6.07, 6.45) is 5.78. The van der Waals surface area contributed by atoms with E-state index < -0.39 is 0 Å². The molecule has 1 fully saturated rings. The summed E-state index contributed by atoms with van der Waals surface area (Å²) in [5.41, 5.74) is 2.29. The quantitative estimate of drug-likeness (QED) is 0.189. The summed E-state index contributed by atoms with van der Waals surface area (Å²) in [5.74, 6) is 1.76. The molecule has 0 aromatic heterocycles. The minimum absolute atomic E-state index is 0. The first-order valence-corrected chi connectivity index (χ1v) is 10.6. The molecule has 0 aliphatic carbocycles. The zero-order valence-electron chi connectivity index (χ0n) is 18.2. The van der Waals surface area contributed by atoms with Gasteiger partial charge in [-0.05, 0) is 57.6 Å². The number of hydrogen-bond acceptors (Lipinski definition) is 4. The van der Waals surface area contributed by atoms with E-state index in [1.165, 1.54) is 5.56 Å². The van der Waals surface area contributed by atoms with Gasteiger partial charge in [-0.1, -0.05) is 12.1 Å². The first-order chi connectivity index (χ1) is 13.7. The maximum Gasteiger partial charge on any atom is 0.191 e. The topological polar surface area (TPSA) is 64.1 Å². The second-order valence-corrected chi connectivity index (χ2v) is 7.23. The zero-order valence-corrected chi connectivity index (χ0v) is 20.5. The molecule has 0 radical (unpaired) electrons. The summed E-state index contributed by atoms with van der Waals surface area (Å²) in [7, 11) is 1.75. The van der Waals surface area contributed by atoms with Gasteiger partial charge in [-0.2, -0.15) is 0 Å². The highest BCUT2D eigenvalue weighted by molar-refractivity contribution is 14.0. The van der Waals surface area contributed by atoms with Crippen LogP contribution in [0.2, 0.25) is 0 Å². The van der Waals surface area contributed by atoms with Crippen molar-refractivity contribution in [1.82, 2.24) is 10.6 Å². The average molecular weight is 519 g/mol. The third-order valence-corrected chi connectivity index (χ3v) is 4.74. The molecule has 0 spiro atoms. The Morgan fingerprint density at radius 2 is 2.10 bits per heavy atom. The molecular formula is C22H38IN3O3. The van der Waals surface area contributed by atoms with Gasteiger partial charge >= 0.3 is 0 Å². The van der Waals surface area contributed by atoms with E-state index in [0.29, 0.717) is 13.2 Å². The highest BCUT2D eigenvalue weighted by Crippen LogP contribution is 2.23. The van der Waals surface area contributed by atoms with Crippen LogP contribution in [0.25, 0.3) is 0 Å². The number of aryl methyl sites for hydroxylation is 1. The SMILES string of the molecule is CCNC(=NCc1ccc(C)cc1OCC1CCCO1)NCCCCCOC.I. The lowest BCUT2D eigenvalue weighted by molar-refractivity contribution is 0.0676. The molecule has 2 rings (SSSR count). The Hall–Kier alpha value is -1.06. The van der Waals surface area contributed by atoms with Gasteiger partial charge < -0.3 is 24.8 Å². The van der Waals surface area contributed by atoms with Crippen molar-refractivity contribution < 1.29 is 14.2 Å². The largest absolute Gasteiger partial charge is 0.491 e. The molecule has 7 heteroatoms. The molecule has 1 aromatic rings. The number of rotatable bonds is 12. The Labute approximate surface area is 193 Å². The molecule has 1 aliphatic rings. The van der Waals surface area contributed by atoms with Crippen molar-refractivity contribution in [2.24, 2.45) is 4.99 Å². The zero-order chi connectivity index (χ0) is 20.0. The van der Waals surface area contributed by atoms with Crippen molar-refractivity contribution in [2.45, 2.75) is 58.6 Å². The predicted molar refractivity (Wildman–Crippen MR) is 130 cm³/mol. The standard InChI is InChI=1S/C22H37N3O3.HI/c1-4-23-22(24-12-6-5-7-13-26-3)25-16-19-11-10-18(2)15-21(19)28-17-20-9-8-14-27-20;/h10-11,15,20H,4-9,12-14,16-17H2,1-3H3,(H2,23,24,25);1H. The van der Waals surface area contributed by atoms with Gasteiger partial charge in [-0.3, -0.25) is 0 Å². The summed E-state index contributed by atoms with van der Waals surface area (Å²) in [4.78, 5) is 4.75. The number of nitrogens with one attached hydrogen (secondary N) is 2. The van der Waals surface area contributed by atoms with Crippen LogP contribution in [0.1, 0.15) is 50.2 Å². The number of aliphatic imine (C=N–C) groups is 1.